The van der Waals surface area contributed by atoms with Crippen molar-refractivity contribution in [1.29, 1.82) is 5.26 Å². The van der Waals surface area contributed by atoms with Gasteiger partial charge in [0.05, 0.1) is 0 Å². The maximum absolute atomic E-state index is 11.0. The topological polar surface area (TPSA) is 79.2 Å². The van der Waals surface area contributed by atoms with Crippen LogP contribution in [-0.4, -0.2) is 15.6 Å². The molecule has 5 heteroatoms. The van der Waals surface area contributed by atoms with Crippen LogP contribution in [0.5, 0.6) is 0 Å². The number of aryl methyl sites for hydroxylation is 1. The molecule has 0 spiro atoms. The van der Waals surface area contributed by atoms with Crippen molar-refractivity contribution in [3.8, 4) is 12.0 Å². The van der Waals surface area contributed by atoms with Gasteiger partial charge in [0.25, 0.3) is 0 Å². The van der Waals surface area contributed by atoms with Crippen LogP contribution in [0, 0.1) is 18.3 Å². The summed E-state index contributed by atoms with van der Waals surface area (Å²) in [7, 11) is 0. The van der Waals surface area contributed by atoms with Crippen LogP contribution in [0.4, 0.5) is 0 Å². The smallest absolute Gasteiger partial charge is 0.340 e. The molecular weight excluding hydrogens is 208 g/mol. The second-order valence-corrected chi connectivity index (χ2v) is 3.22. The summed E-state index contributed by atoms with van der Waals surface area (Å²) in [5, 5.41) is 17.9. The second-order valence-electron chi connectivity index (χ2n) is 3.22. The molecule has 0 unspecified atom stereocenters. The molecule has 0 bridgehead atoms. The lowest BCUT2D eigenvalue weighted by molar-refractivity contribution is 0.0695. The van der Waals surface area contributed by atoms with E-state index in [2.05, 4.69) is 0 Å². The van der Waals surface area contributed by atoms with Crippen LogP contribution in [0.3, 0.4) is 0 Å². The highest BCUT2D eigenvalue weighted by Crippen LogP contribution is 2.25. The van der Waals surface area contributed by atoms with Crippen LogP contribution < -0.4 is 0 Å². The predicted octanol–water partition coefficient (Wildman–Crippen LogP) is 1.95. The van der Waals surface area contributed by atoms with Crippen molar-refractivity contribution < 1.29 is 14.3 Å². The number of nitrogens with zero attached hydrogens (tertiary/aromatic N) is 2. The summed E-state index contributed by atoms with van der Waals surface area (Å²) >= 11 is 0. The van der Waals surface area contributed by atoms with Gasteiger partial charge in [0.1, 0.15) is 23.0 Å². The maximum atomic E-state index is 11.0. The lowest BCUT2D eigenvalue weighted by Crippen LogP contribution is -2.00. The van der Waals surface area contributed by atoms with Crippen molar-refractivity contribution in [2.45, 2.75) is 6.92 Å². The molecule has 0 atom stereocenters. The van der Waals surface area contributed by atoms with Crippen LogP contribution in [0.2, 0.25) is 0 Å². The molecule has 0 aromatic carbocycles. The van der Waals surface area contributed by atoms with E-state index in [-0.39, 0.29) is 22.8 Å². The van der Waals surface area contributed by atoms with Crippen molar-refractivity contribution in [3.05, 3.63) is 41.4 Å². The molecule has 0 saturated heterocycles. The summed E-state index contributed by atoms with van der Waals surface area (Å²) in [6, 6.07) is 5.39. The minimum atomic E-state index is -1.16. The molecular formula is C11H8N2O3. The highest BCUT2D eigenvalue weighted by atomic mass is 16.4. The first-order valence-corrected chi connectivity index (χ1v) is 4.55. The highest BCUT2D eigenvalue weighted by Gasteiger charge is 2.23. The average Bonchev–Trinajstić information content (AvgIpc) is 2.82. The van der Waals surface area contributed by atoms with E-state index in [4.69, 9.17) is 14.8 Å². The molecule has 16 heavy (non-hydrogen) atoms. The van der Waals surface area contributed by atoms with Gasteiger partial charge in [-0.2, -0.15) is 5.26 Å². The molecule has 0 amide bonds. The lowest BCUT2D eigenvalue weighted by Gasteiger charge is -1.96. The second kappa shape index (κ2) is 3.59. The van der Waals surface area contributed by atoms with E-state index in [1.807, 2.05) is 6.07 Å². The van der Waals surface area contributed by atoms with Crippen molar-refractivity contribution in [2.24, 2.45) is 0 Å². The standard InChI is InChI=1S/C11H8N2O3/c1-7-9(11(14)15)8(6-12)10(16-7)13-4-2-3-5-13/h2-5H,1H3,(H,14,15). The maximum Gasteiger partial charge on any atom is 0.340 e. The summed E-state index contributed by atoms with van der Waals surface area (Å²) in [5.74, 6) is -0.689. The largest absolute Gasteiger partial charge is 0.478 e. The zero-order valence-corrected chi connectivity index (χ0v) is 8.47. The van der Waals surface area contributed by atoms with Gasteiger partial charge in [-0.05, 0) is 19.1 Å². The fourth-order valence-electron chi connectivity index (χ4n) is 1.54. The van der Waals surface area contributed by atoms with Crippen molar-refractivity contribution >= 4 is 5.97 Å². The zero-order valence-electron chi connectivity index (χ0n) is 8.47. The van der Waals surface area contributed by atoms with E-state index in [0.717, 1.165) is 0 Å². The molecule has 0 radical (unpaired) electrons. The number of nitriles is 1. The molecule has 0 aliphatic heterocycles. The van der Waals surface area contributed by atoms with Crippen LogP contribution in [0.15, 0.2) is 28.9 Å². The molecule has 0 saturated carbocycles. The number of hydrogen-bond donors (Lipinski definition) is 1. The Morgan fingerprint density at radius 1 is 1.50 bits per heavy atom. The van der Waals surface area contributed by atoms with E-state index in [9.17, 15) is 4.79 Å². The van der Waals surface area contributed by atoms with E-state index >= 15 is 0 Å². The minimum absolute atomic E-state index is 0.0428. The summed E-state index contributed by atoms with van der Waals surface area (Å²) in [6.07, 6.45) is 3.37. The fourth-order valence-corrected chi connectivity index (χ4v) is 1.54. The number of aromatic nitrogens is 1. The van der Waals surface area contributed by atoms with Crippen LogP contribution in [0.25, 0.3) is 5.88 Å². The first-order chi connectivity index (χ1) is 7.65. The monoisotopic (exact) mass is 216 g/mol. The van der Waals surface area contributed by atoms with Crippen molar-refractivity contribution in [1.82, 2.24) is 4.57 Å². The Morgan fingerprint density at radius 3 is 2.62 bits per heavy atom. The predicted molar refractivity (Wildman–Crippen MR) is 54.4 cm³/mol. The number of carbonyl (C=O) groups is 1. The quantitative estimate of drug-likeness (QED) is 0.831. The van der Waals surface area contributed by atoms with Gasteiger partial charge in [0.15, 0.2) is 0 Å². The van der Waals surface area contributed by atoms with Gasteiger partial charge in [-0.25, -0.2) is 4.79 Å². The van der Waals surface area contributed by atoms with Gasteiger partial charge in [0, 0.05) is 12.4 Å². The molecule has 5 nitrogen and oxygen atoms in total. The third-order valence-corrected chi connectivity index (χ3v) is 2.23. The number of hydrogen-bond acceptors (Lipinski definition) is 3. The Labute approximate surface area is 91.1 Å². The Kier molecular flexibility index (Phi) is 2.25. The lowest BCUT2D eigenvalue weighted by atomic mass is 10.1. The SMILES string of the molecule is Cc1oc(-n2cccc2)c(C#N)c1C(=O)O. The highest BCUT2D eigenvalue weighted by molar-refractivity contribution is 5.92. The van der Waals surface area contributed by atoms with Crippen molar-refractivity contribution in [2.75, 3.05) is 0 Å². The molecule has 0 fully saturated rings. The van der Waals surface area contributed by atoms with Crippen LogP contribution in [-0.2, 0) is 0 Å². The van der Waals surface area contributed by atoms with Gasteiger partial charge in [0.2, 0.25) is 5.88 Å². The number of rotatable bonds is 2. The minimum Gasteiger partial charge on any atom is -0.478 e. The van der Waals surface area contributed by atoms with Crippen molar-refractivity contribution in [3.63, 3.8) is 0 Å². The fraction of sp³-hybridized carbons (Fsp3) is 0.0909. The number of aromatic carboxylic acids is 1. The molecule has 1 N–H and O–H groups in total. The molecule has 2 aromatic heterocycles. The molecule has 2 heterocycles. The molecule has 2 rings (SSSR count). The Balaban J connectivity index is 2.70. The van der Waals surface area contributed by atoms with E-state index in [0.29, 0.717) is 0 Å². The van der Waals surface area contributed by atoms with Gasteiger partial charge >= 0.3 is 5.97 Å². The Hall–Kier alpha value is -2.48. The number of carboxylic acids is 1. The summed E-state index contributed by atoms with van der Waals surface area (Å²) in [5.41, 5.74) is -0.0348. The third-order valence-electron chi connectivity index (χ3n) is 2.23. The average molecular weight is 216 g/mol. The Bertz CT molecular complexity index is 573. The normalized spacial score (nSPS) is 10.0. The van der Waals surface area contributed by atoms with E-state index in [1.54, 1.807) is 29.1 Å². The first kappa shape index (κ1) is 10.1. The summed E-state index contributed by atoms with van der Waals surface area (Å²) in [4.78, 5) is 11.0. The third kappa shape index (κ3) is 1.37. The Morgan fingerprint density at radius 2 is 2.12 bits per heavy atom. The molecule has 2 aromatic rings. The van der Waals surface area contributed by atoms with E-state index in [1.165, 1.54) is 6.92 Å². The summed E-state index contributed by atoms with van der Waals surface area (Å²) < 4.78 is 6.87. The van der Waals surface area contributed by atoms with Gasteiger partial charge < -0.3 is 9.52 Å². The first-order valence-electron chi connectivity index (χ1n) is 4.55. The van der Waals surface area contributed by atoms with Crippen LogP contribution >= 0.6 is 0 Å². The summed E-state index contributed by atoms with van der Waals surface area (Å²) in [6.45, 7) is 1.53. The van der Waals surface area contributed by atoms with Gasteiger partial charge in [-0.3, -0.25) is 4.57 Å². The van der Waals surface area contributed by atoms with Gasteiger partial charge in [-0.15, -0.1) is 0 Å². The number of furan rings is 1. The zero-order chi connectivity index (χ0) is 11.7. The van der Waals surface area contributed by atoms with Gasteiger partial charge in [-0.1, -0.05) is 0 Å². The molecule has 0 aliphatic carbocycles. The number of carboxylic acid groups (broad SMARTS) is 1. The molecule has 80 valence electrons. The van der Waals surface area contributed by atoms with E-state index < -0.39 is 5.97 Å². The van der Waals surface area contributed by atoms with Crippen LogP contribution in [0.1, 0.15) is 21.7 Å². The molecule has 0 aliphatic rings.